The highest BCUT2D eigenvalue weighted by Crippen LogP contribution is 2.49. The zero-order chi connectivity index (χ0) is 16.4. The minimum Gasteiger partial charge on any atom is -0.449 e. The van der Waals surface area contributed by atoms with E-state index >= 15 is 0 Å². The number of aromatic nitrogens is 1. The summed E-state index contributed by atoms with van der Waals surface area (Å²) in [7, 11) is 0. The van der Waals surface area contributed by atoms with Crippen molar-refractivity contribution in [2.45, 2.75) is 0 Å². The molecule has 0 unspecified atom stereocenters. The third-order valence-corrected chi connectivity index (χ3v) is 4.84. The van der Waals surface area contributed by atoms with E-state index in [4.69, 9.17) is 9.47 Å². The molecule has 0 saturated carbocycles. The van der Waals surface area contributed by atoms with E-state index in [2.05, 4.69) is 47.4 Å². The highest BCUT2D eigenvalue weighted by Gasteiger charge is 2.22. The van der Waals surface area contributed by atoms with Crippen molar-refractivity contribution in [1.29, 1.82) is 0 Å². The van der Waals surface area contributed by atoms with E-state index in [9.17, 15) is 0 Å². The summed E-state index contributed by atoms with van der Waals surface area (Å²) < 4.78 is 12.2. The van der Waals surface area contributed by atoms with Crippen LogP contribution in [0.2, 0.25) is 0 Å². The number of fused-ring (bicyclic) bond motifs is 7. The molecule has 3 nitrogen and oxygen atoms in total. The second-order valence-electron chi connectivity index (χ2n) is 6.34. The first-order valence-corrected chi connectivity index (χ1v) is 8.29. The van der Waals surface area contributed by atoms with Crippen LogP contribution < -0.4 is 9.47 Å². The van der Waals surface area contributed by atoms with Crippen molar-refractivity contribution in [2.75, 3.05) is 0 Å². The Balaban J connectivity index is 1.67. The molecule has 1 aromatic heterocycles. The second kappa shape index (κ2) is 4.54. The summed E-state index contributed by atoms with van der Waals surface area (Å²) in [5, 5.41) is 4.79. The summed E-state index contributed by atoms with van der Waals surface area (Å²) in [6, 6.07) is 24.6. The highest BCUT2D eigenvalue weighted by molar-refractivity contribution is 6.14. The standard InChI is InChI=1S/C22H13NO2/c1-2-6-14-12-17-16(11-13(14)5-1)15-9-10-20-22(21(15)23-17)25-19-8-4-3-7-18(19)24-20/h1-12,23H. The number of aromatic amines is 1. The van der Waals surface area contributed by atoms with Gasteiger partial charge in [-0.05, 0) is 47.2 Å². The number of hydrogen-bond acceptors (Lipinski definition) is 2. The molecule has 0 atom stereocenters. The van der Waals surface area contributed by atoms with Crippen molar-refractivity contribution >= 4 is 32.6 Å². The molecule has 1 aliphatic rings. The van der Waals surface area contributed by atoms with Gasteiger partial charge < -0.3 is 14.5 Å². The van der Waals surface area contributed by atoms with E-state index in [0.29, 0.717) is 0 Å². The van der Waals surface area contributed by atoms with Crippen molar-refractivity contribution in [1.82, 2.24) is 4.98 Å². The molecule has 6 rings (SSSR count). The minimum absolute atomic E-state index is 0.738. The first-order valence-electron chi connectivity index (χ1n) is 8.29. The maximum atomic E-state index is 6.16. The van der Waals surface area contributed by atoms with Gasteiger partial charge in [0.15, 0.2) is 23.0 Å². The Morgan fingerprint density at radius 1 is 0.600 bits per heavy atom. The summed E-state index contributed by atoms with van der Waals surface area (Å²) in [6.07, 6.45) is 0. The first-order chi connectivity index (χ1) is 12.4. The van der Waals surface area contributed by atoms with Gasteiger partial charge in [0.1, 0.15) is 0 Å². The fourth-order valence-electron chi connectivity index (χ4n) is 3.64. The summed E-state index contributed by atoms with van der Waals surface area (Å²) >= 11 is 0. The second-order valence-corrected chi connectivity index (χ2v) is 6.34. The van der Waals surface area contributed by atoms with Gasteiger partial charge in [-0.15, -0.1) is 0 Å². The lowest BCUT2D eigenvalue weighted by atomic mass is 10.1. The van der Waals surface area contributed by atoms with Gasteiger partial charge in [0.2, 0.25) is 0 Å². The normalized spacial score (nSPS) is 12.6. The summed E-state index contributed by atoms with van der Waals surface area (Å²) in [6.45, 7) is 0. The fourth-order valence-corrected chi connectivity index (χ4v) is 3.64. The SMILES string of the molecule is c1ccc2c(c1)Oc1ccc3c([nH]c4cc5ccccc5cc43)c1O2. The van der Waals surface area contributed by atoms with Gasteiger partial charge in [-0.3, -0.25) is 0 Å². The summed E-state index contributed by atoms with van der Waals surface area (Å²) in [4.78, 5) is 3.52. The molecule has 0 fully saturated rings. The van der Waals surface area contributed by atoms with Crippen LogP contribution >= 0.6 is 0 Å². The van der Waals surface area contributed by atoms with Gasteiger partial charge in [0.05, 0.1) is 5.52 Å². The predicted molar refractivity (Wildman–Crippen MR) is 99.9 cm³/mol. The van der Waals surface area contributed by atoms with E-state index in [1.54, 1.807) is 0 Å². The number of ether oxygens (including phenoxy) is 2. The number of hydrogen-bond donors (Lipinski definition) is 1. The van der Waals surface area contributed by atoms with E-state index in [-0.39, 0.29) is 0 Å². The highest BCUT2D eigenvalue weighted by atomic mass is 16.6. The lowest BCUT2D eigenvalue weighted by Crippen LogP contribution is -1.98. The third kappa shape index (κ3) is 1.75. The summed E-state index contributed by atoms with van der Waals surface area (Å²) in [5.41, 5.74) is 2.07. The molecular weight excluding hydrogens is 310 g/mol. The van der Waals surface area contributed by atoms with Crippen molar-refractivity contribution in [2.24, 2.45) is 0 Å². The van der Waals surface area contributed by atoms with Crippen LogP contribution in [0.25, 0.3) is 32.6 Å². The Morgan fingerprint density at radius 3 is 2.16 bits per heavy atom. The molecule has 5 aromatic rings. The molecule has 0 aliphatic carbocycles. The quantitative estimate of drug-likeness (QED) is 0.352. The van der Waals surface area contributed by atoms with E-state index in [1.807, 2.05) is 30.3 Å². The van der Waals surface area contributed by atoms with E-state index in [1.165, 1.54) is 16.2 Å². The van der Waals surface area contributed by atoms with Gasteiger partial charge >= 0.3 is 0 Å². The summed E-state index contributed by atoms with van der Waals surface area (Å²) in [5.74, 6) is 2.97. The number of H-pyrrole nitrogens is 1. The molecule has 0 bridgehead atoms. The van der Waals surface area contributed by atoms with Crippen LogP contribution in [0.5, 0.6) is 23.0 Å². The van der Waals surface area contributed by atoms with Crippen LogP contribution in [0.1, 0.15) is 0 Å². The van der Waals surface area contributed by atoms with E-state index in [0.717, 1.165) is 39.4 Å². The lowest BCUT2D eigenvalue weighted by molar-refractivity contribution is 0.363. The monoisotopic (exact) mass is 323 g/mol. The van der Waals surface area contributed by atoms with Crippen molar-refractivity contribution in [3.8, 4) is 23.0 Å². The van der Waals surface area contributed by atoms with Crippen LogP contribution in [-0.4, -0.2) is 4.98 Å². The molecule has 1 aliphatic heterocycles. The Labute approximate surface area is 143 Å². The van der Waals surface area contributed by atoms with Crippen molar-refractivity contribution in [3.05, 3.63) is 72.8 Å². The van der Waals surface area contributed by atoms with Crippen LogP contribution in [0.3, 0.4) is 0 Å². The van der Waals surface area contributed by atoms with Crippen LogP contribution in [0, 0.1) is 0 Å². The molecule has 0 saturated heterocycles. The molecule has 25 heavy (non-hydrogen) atoms. The molecule has 118 valence electrons. The first kappa shape index (κ1) is 12.9. The molecule has 0 spiro atoms. The van der Waals surface area contributed by atoms with E-state index < -0.39 is 0 Å². The maximum Gasteiger partial charge on any atom is 0.194 e. The molecule has 4 aromatic carbocycles. The fraction of sp³-hybridized carbons (Fsp3) is 0. The Kier molecular flexibility index (Phi) is 2.35. The largest absolute Gasteiger partial charge is 0.449 e. The van der Waals surface area contributed by atoms with Gasteiger partial charge in [0.25, 0.3) is 0 Å². The van der Waals surface area contributed by atoms with Crippen LogP contribution in [0.15, 0.2) is 72.8 Å². The van der Waals surface area contributed by atoms with Gasteiger partial charge in [0, 0.05) is 16.3 Å². The van der Waals surface area contributed by atoms with Gasteiger partial charge in [-0.2, -0.15) is 0 Å². The molecule has 0 radical (unpaired) electrons. The lowest BCUT2D eigenvalue weighted by Gasteiger charge is -2.20. The third-order valence-electron chi connectivity index (χ3n) is 4.84. The maximum absolute atomic E-state index is 6.16. The van der Waals surface area contributed by atoms with Crippen LogP contribution in [-0.2, 0) is 0 Å². The average molecular weight is 323 g/mol. The smallest absolute Gasteiger partial charge is 0.194 e. The van der Waals surface area contributed by atoms with Crippen molar-refractivity contribution in [3.63, 3.8) is 0 Å². The topological polar surface area (TPSA) is 34.2 Å². The minimum atomic E-state index is 0.738. The Hall–Kier alpha value is -3.46. The molecule has 2 heterocycles. The number of rotatable bonds is 0. The molecular formula is C22H13NO2. The molecule has 1 N–H and O–H groups in total. The predicted octanol–water partition coefficient (Wildman–Crippen LogP) is 6.37. The van der Waals surface area contributed by atoms with Crippen molar-refractivity contribution < 1.29 is 9.47 Å². The number of nitrogens with one attached hydrogen (secondary N) is 1. The Morgan fingerprint density at radius 2 is 1.32 bits per heavy atom. The molecule has 3 heteroatoms. The number of para-hydroxylation sites is 2. The zero-order valence-electron chi connectivity index (χ0n) is 13.2. The Bertz CT molecular complexity index is 1300. The zero-order valence-corrected chi connectivity index (χ0v) is 13.2. The van der Waals surface area contributed by atoms with Gasteiger partial charge in [-0.1, -0.05) is 36.4 Å². The molecule has 0 amide bonds. The average Bonchev–Trinajstić information content (AvgIpc) is 3.02. The van der Waals surface area contributed by atoms with Crippen LogP contribution in [0.4, 0.5) is 0 Å². The number of benzene rings is 4. The van der Waals surface area contributed by atoms with Gasteiger partial charge in [-0.25, -0.2) is 0 Å².